The van der Waals surface area contributed by atoms with Gasteiger partial charge >= 0.3 is 0 Å². The maximum absolute atomic E-state index is 11.0. The van der Waals surface area contributed by atoms with Crippen molar-refractivity contribution in [2.45, 2.75) is 12.8 Å². The molecule has 0 spiro atoms. The van der Waals surface area contributed by atoms with Crippen LogP contribution >= 0.6 is 12.8 Å². The maximum Gasteiger partial charge on any atom is 0.230 e. The molecule has 0 radical (unpaired) electrons. The van der Waals surface area contributed by atoms with Gasteiger partial charge in [0.05, 0.1) is 17.6 Å². The van der Waals surface area contributed by atoms with Crippen molar-refractivity contribution in [3.63, 3.8) is 0 Å². The second-order valence-electron chi connectivity index (χ2n) is 3.37. The number of aromatic nitrogens is 4. The van der Waals surface area contributed by atoms with Crippen LogP contribution in [-0.2, 0) is 11.2 Å². The Bertz CT molecular complexity index is 498. The number of aromatic amines is 1. The van der Waals surface area contributed by atoms with Crippen molar-refractivity contribution in [1.29, 1.82) is 0 Å². The fourth-order valence-corrected chi connectivity index (χ4v) is 1.47. The number of amides is 1. The number of hydrogen-bond acceptors (Lipinski definition) is 5. The van der Waals surface area contributed by atoms with Crippen LogP contribution < -0.4 is 4.72 Å². The first kappa shape index (κ1) is 11.6. The summed E-state index contributed by atoms with van der Waals surface area (Å²) in [4.78, 5) is 26.2. The van der Waals surface area contributed by atoms with E-state index in [1.54, 1.807) is 18.5 Å². The van der Waals surface area contributed by atoms with Gasteiger partial charge in [0.1, 0.15) is 12.2 Å². The lowest BCUT2D eigenvalue weighted by Gasteiger charge is -1.96. The van der Waals surface area contributed by atoms with E-state index in [9.17, 15) is 4.79 Å². The molecule has 0 atom stereocenters. The molecule has 88 valence electrons. The Hall–Kier alpha value is -1.89. The Kier molecular flexibility index (Phi) is 3.71. The molecule has 1 amide bonds. The Morgan fingerprint density at radius 3 is 3.06 bits per heavy atom. The Labute approximate surface area is 103 Å². The number of aryl methyl sites for hydroxylation is 1. The van der Waals surface area contributed by atoms with Crippen molar-refractivity contribution >= 4 is 18.7 Å². The largest absolute Gasteiger partial charge is 0.341 e. The van der Waals surface area contributed by atoms with E-state index in [4.69, 9.17) is 0 Å². The monoisotopic (exact) mass is 249 g/mol. The zero-order chi connectivity index (χ0) is 12.1. The number of hydrogen-bond donors (Lipinski definition) is 3. The summed E-state index contributed by atoms with van der Waals surface area (Å²) in [5.41, 5.74) is 1.59. The highest BCUT2D eigenvalue weighted by Crippen LogP contribution is 2.13. The SMILES string of the molecule is O=C(CCc1ncc(-c2ccncn2)[nH]1)NS. The van der Waals surface area contributed by atoms with Crippen molar-refractivity contribution in [2.24, 2.45) is 0 Å². The van der Waals surface area contributed by atoms with Gasteiger partial charge in [-0.3, -0.25) is 4.79 Å². The molecular formula is C10H11N5OS. The number of nitrogens with zero attached hydrogens (tertiary/aromatic N) is 3. The summed E-state index contributed by atoms with van der Waals surface area (Å²) >= 11 is 3.68. The summed E-state index contributed by atoms with van der Waals surface area (Å²) in [6, 6.07) is 1.79. The van der Waals surface area contributed by atoms with E-state index in [-0.39, 0.29) is 5.91 Å². The Morgan fingerprint density at radius 1 is 1.47 bits per heavy atom. The minimum absolute atomic E-state index is 0.131. The number of imidazole rings is 1. The predicted octanol–water partition coefficient (Wildman–Crippen LogP) is 0.760. The van der Waals surface area contributed by atoms with Gasteiger partial charge in [-0.05, 0) is 6.07 Å². The molecule has 0 saturated carbocycles. The third-order valence-electron chi connectivity index (χ3n) is 2.20. The summed E-state index contributed by atoms with van der Waals surface area (Å²) in [5.74, 6) is 0.615. The normalized spacial score (nSPS) is 10.2. The average Bonchev–Trinajstić information content (AvgIpc) is 2.86. The van der Waals surface area contributed by atoms with Crippen LogP contribution in [0.4, 0.5) is 0 Å². The molecule has 0 unspecified atom stereocenters. The van der Waals surface area contributed by atoms with Crippen molar-refractivity contribution in [1.82, 2.24) is 24.7 Å². The molecule has 0 aromatic carbocycles. The molecule has 0 bridgehead atoms. The molecule has 2 aromatic heterocycles. The minimum Gasteiger partial charge on any atom is -0.341 e. The molecule has 0 fully saturated rings. The van der Waals surface area contributed by atoms with Gasteiger partial charge in [0.15, 0.2) is 0 Å². The predicted molar refractivity (Wildman–Crippen MR) is 65.1 cm³/mol. The average molecular weight is 249 g/mol. The van der Waals surface area contributed by atoms with Gasteiger partial charge in [0, 0.05) is 19.0 Å². The third-order valence-corrected chi connectivity index (χ3v) is 2.45. The lowest BCUT2D eigenvalue weighted by atomic mass is 10.3. The molecule has 2 heterocycles. The Morgan fingerprint density at radius 2 is 2.35 bits per heavy atom. The number of rotatable bonds is 4. The standard InChI is InChI=1S/C10H11N5OS/c16-10(15-17)2-1-9-12-5-8(14-9)7-3-4-11-6-13-7/h3-6,17H,1-2H2,(H,12,14)(H,15,16). The first-order valence-electron chi connectivity index (χ1n) is 5.03. The van der Waals surface area contributed by atoms with Crippen LogP contribution in [0.25, 0.3) is 11.4 Å². The topological polar surface area (TPSA) is 83.6 Å². The van der Waals surface area contributed by atoms with E-state index in [1.807, 2.05) is 0 Å². The highest BCUT2D eigenvalue weighted by molar-refractivity contribution is 7.78. The zero-order valence-electron chi connectivity index (χ0n) is 8.92. The molecule has 6 nitrogen and oxygen atoms in total. The molecule has 17 heavy (non-hydrogen) atoms. The summed E-state index contributed by atoms with van der Waals surface area (Å²) < 4.78 is 2.27. The van der Waals surface area contributed by atoms with E-state index in [1.165, 1.54) is 6.33 Å². The van der Waals surface area contributed by atoms with Gasteiger partial charge in [-0.25, -0.2) is 15.0 Å². The molecule has 2 aromatic rings. The van der Waals surface area contributed by atoms with E-state index < -0.39 is 0 Å². The van der Waals surface area contributed by atoms with Gasteiger partial charge in [-0.1, -0.05) is 12.8 Å². The van der Waals surface area contributed by atoms with Crippen molar-refractivity contribution < 1.29 is 4.79 Å². The lowest BCUT2D eigenvalue weighted by Crippen LogP contribution is -2.13. The molecular weight excluding hydrogens is 238 g/mol. The highest BCUT2D eigenvalue weighted by atomic mass is 32.1. The molecule has 0 aliphatic carbocycles. The van der Waals surface area contributed by atoms with Crippen LogP contribution in [-0.4, -0.2) is 25.8 Å². The van der Waals surface area contributed by atoms with E-state index >= 15 is 0 Å². The molecule has 0 saturated heterocycles. The fraction of sp³-hybridized carbons (Fsp3) is 0.200. The van der Waals surface area contributed by atoms with E-state index in [0.717, 1.165) is 17.2 Å². The van der Waals surface area contributed by atoms with E-state index in [0.29, 0.717) is 12.8 Å². The van der Waals surface area contributed by atoms with Crippen LogP contribution in [0.2, 0.25) is 0 Å². The molecule has 0 aliphatic rings. The van der Waals surface area contributed by atoms with Crippen LogP contribution in [0.15, 0.2) is 24.8 Å². The van der Waals surface area contributed by atoms with Crippen molar-refractivity contribution in [3.8, 4) is 11.4 Å². The summed E-state index contributed by atoms with van der Waals surface area (Å²) in [5, 5.41) is 0. The van der Waals surface area contributed by atoms with Crippen LogP contribution in [0.5, 0.6) is 0 Å². The fourth-order valence-electron chi connectivity index (χ4n) is 1.36. The molecule has 2 N–H and O–H groups in total. The molecule has 7 heteroatoms. The lowest BCUT2D eigenvalue weighted by molar-refractivity contribution is -0.119. The van der Waals surface area contributed by atoms with Gasteiger partial charge in [0.25, 0.3) is 0 Å². The first-order chi connectivity index (χ1) is 8.29. The Balaban J connectivity index is 2.04. The van der Waals surface area contributed by atoms with Gasteiger partial charge in [-0.2, -0.15) is 0 Å². The number of H-pyrrole nitrogens is 1. The maximum atomic E-state index is 11.0. The smallest absolute Gasteiger partial charge is 0.230 e. The quantitative estimate of drug-likeness (QED) is 0.698. The number of carbonyl (C=O) groups excluding carboxylic acids is 1. The van der Waals surface area contributed by atoms with Gasteiger partial charge < -0.3 is 9.71 Å². The van der Waals surface area contributed by atoms with Gasteiger partial charge in [-0.15, -0.1) is 0 Å². The number of thiol groups is 1. The summed E-state index contributed by atoms with van der Waals surface area (Å²) in [7, 11) is 0. The molecule has 2 rings (SSSR count). The van der Waals surface area contributed by atoms with Crippen LogP contribution in [0, 0.1) is 0 Å². The zero-order valence-corrected chi connectivity index (χ0v) is 9.82. The van der Waals surface area contributed by atoms with Gasteiger partial charge in [0.2, 0.25) is 5.91 Å². The minimum atomic E-state index is -0.131. The first-order valence-corrected chi connectivity index (χ1v) is 5.47. The second-order valence-corrected chi connectivity index (χ2v) is 3.60. The highest BCUT2D eigenvalue weighted by Gasteiger charge is 2.06. The van der Waals surface area contributed by atoms with Crippen LogP contribution in [0.3, 0.4) is 0 Å². The second kappa shape index (κ2) is 5.44. The summed E-state index contributed by atoms with van der Waals surface area (Å²) in [6.45, 7) is 0. The van der Waals surface area contributed by atoms with Crippen molar-refractivity contribution in [3.05, 3.63) is 30.6 Å². The summed E-state index contributed by atoms with van der Waals surface area (Å²) in [6.07, 6.45) is 5.72. The van der Waals surface area contributed by atoms with Crippen LogP contribution in [0.1, 0.15) is 12.2 Å². The van der Waals surface area contributed by atoms with Crippen molar-refractivity contribution in [2.75, 3.05) is 0 Å². The number of nitrogens with one attached hydrogen (secondary N) is 2. The number of carbonyl (C=O) groups is 1. The van der Waals surface area contributed by atoms with E-state index in [2.05, 4.69) is 37.5 Å². The molecule has 0 aliphatic heterocycles. The third kappa shape index (κ3) is 3.04.